The summed E-state index contributed by atoms with van der Waals surface area (Å²) in [5.74, 6) is 0. The van der Waals surface area contributed by atoms with E-state index < -0.39 is 0 Å². The topological polar surface area (TPSA) is 6.48 Å². The lowest BCUT2D eigenvalue weighted by Gasteiger charge is -2.44. The zero-order chi connectivity index (χ0) is 34.7. The number of para-hydroxylation sites is 2. The Morgan fingerprint density at radius 1 is 0.353 bits per heavy atom. The zero-order valence-corrected chi connectivity index (χ0v) is 29.7. The summed E-state index contributed by atoms with van der Waals surface area (Å²) in [5, 5.41) is 0. The van der Waals surface area contributed by atoms with Gasteiger partial charge in [-0.15, -0.1) is 0 Å². The van der Waals surface area contributed by atoms with Crippen LogP contribution in [0, 0.1) is 0 Å². The molecule has 246 valence electrons. The summed E-state index contributed by atoms with van der Waals surface area (Å²) in [6.07, 6.45) is 0. The van der Waals surface area contributed by atoms with Crippen LogP contribution in [0.4, 0.5) is 34.1 Å². The normalized spacial score (nSPS) is 13.4. The van der Waals surface area contributed by atoms with Crippen molar-refractivity contribution in [3.05, 3.63) is 198 Å². The highest BCUT2D eigenvalue weighted by atomic mass is 15.2. The van der Waals surface area contributed by atoms with E-state index in [2.05, 4.69) is 213 Å². The fourth-order valence-electron chi connectivity index (χ4n) is 8.48. The van der Waals surface area contributed by atoms with E-state index in [9.17, 15) is 0 Å². The van der Waals surface area contributed by atoms with Crippen molar-refractivity contribution in [2.45, 2.75) is 38.5 Å². The third-order valence-corrected chi connectivity index (χ3v) is 11.5. The monoisotopic (exact) mass is 656 g/mol. The van der Waals surface area contributed by atoms with Gasteiger partial charge in [-0.25, -0.2) is 0 Å². The van der Waals surface area contributed by atoms with Crippen molar-refractivity contribution in [2.24, 2.45) is 0 Å². The van der Waals surface area contributed by atoms with Crippen LogP contribution in [0.3, 0.4) is 0 Å². The quantitative estimate of drug-likeness (QED) is 0.164. The molecule has 3 heteroatoms. The van der Waals surface area contributed by atoms with Gasteiger partial charge < -0.3 is 9.80 Å². The molecule has 2 heterocycles. The molecule has 0 unspecified atom stereocenters. The van der Waals surface area contributed by atoms with Gasteiger partial charge in [0.05, 0.1) is 0 Å². The van der Waals surface area contributed by atoms with Gasteiger partial charge in [0, 0.05) is 45.0 Å². The van der Waals surface area contributed by atoms with Gasteiger partial charge in [0.25, 0.3) is 6.71 Å². The van der Waals surface area contributed by atoms with Crippen LogP contribution < -0.4 is 26.2 Å². The minimum atomic E-state index is -0.164. The van der Waals surface area contributed by atoms with E-state index in [0.29, 0.717) is 0 Å². The predicted octanol–water partition coefficient (Wildman–Crippen LogP) is 10.4. The van der Waals surface area contributed by atoms with Gasteiger partial charge in [0.15, 0.2) is 0 Å². The number of fused-ring (bicyclic) bond motifs is 4. The molecule has 51 heavy (non-hydrogen) atoms. The highest BCUT2D eigenvalue weighted by Gasteiger charge is 2.43. The van der Waals surface area contributed by atoms with Crippen molar-refractivity contribution >= 4 is 57.2 Å². The molecule has 2 aliphatic heterocycles. The minimum Gasteiger partial charge on any atom is -0.311 e. The Morgan fingerprint density at radius 2 is 0.784 bits per heavy atom. The Hall–Kier alpha value is -5.80. The number of rotatable bonds is 6. The molecule has 0 saturated heterocycles. The van der Waals surface area contributed by atoms with E-state index in [0.717, 1.165) is 5.69 Å². The fourth-order valence-corrected chi connectivity index (χ4v) is 8.48. The Kier molecular flexibility index (Phi) is 7.29. The molecule has 0 aliphatic carbocycles. The Balaban J connectivity index is 1.24. The SMILES string of the molecule is CC(C)(c1ccccc1)c1ccc(N2c3ccccc3B3c4cc(C(C)(C)c5ccccc5)ccc4N(c4ccccc4)c4cccc2c43)cc1. The van der Waals surface area contributed by atoms with Gasteiger partial charge in [0.1, 0.15) is 0 Å². The summed E-state index contributed by atoms with van der Waals surface area (Å²) in [6.45, 7) is 9.41. The Morgan fingerprint density at radius 3 is 1.39 bits per heavy atom. The molecule has 0 spiro atoms. The van der Waals surface area contributed by atoms with Gasteiger partial charge in [-0.2, -0.15) is 0 Å². The molecule has 0 N–H and O–H groups in total. The first-order valence-electron chi connectivity index (χ1n) is 18.1. The molecular weight excluding hydrogens is 615 g/mol. The van der Waals surface area contributed by atoms with Crippen LogP contribution in [0.2, 0.25) is 0 Å². The first-order valence-corrected chi connectivity index (χ1v) is 18.1. The summed E-state index contributed by atoms with van der Waals surface area (Å²) in [5.41, 5.74) is 16.2. The van der Waals surface area contributed by atoms with E-state index >= 15 is 0 Å². The molecule has 0 amide bonds. The fraction of sp³-hybridized carbons (Fsp3) is 0.125. The second kappa shape index (κ2) is 11.9. The Labute approximate surface area is 302 Å². The maximum Gasteiger partial charge on any atom is 0.252 e. The lowest BCUT2D eigenvalue weighted by Crippen LogP contribution is -2.61. The van der Waals surface area contributed by atoms with Crippen molar-refractivity contribution in [2.75, 3.05) is 9.80 Å². The number of hydrogen-bond donors (Lipinski definition) is 0. The largest absolute Gasteiger partial charge is 0.311 e. The van der Waals surface area contributed by atoms with Crippen LogP contribution in [-0.2, 0) is 10.8 Å². The molecule has 0 saturated carbocycles. The lowest BCUT2D eigenvalue weighted by molar-refractivity contribution is 0.641. The first kappa shape index (κ1) is 31.2. The minimum absolute atomic E-state index is 0.0847. The predicted molar refractivity (Wildman–Crippen MR) is 218 cm³/mol. The number of anilines is 6. The van der Waals surface area contributed by atoms with E-state index in [1.54, 1.807) is 0 Å². The van der Waals surface area contributed by atoms with Crippen LogP contribution in [0.1, 0.15) is 49.9 Å². The molecule has 0 aromatic heterocycles. The third kappa shape index (κ3) is 4.94. The first-order chi connectivity index (χ1) is 24.8. The molecule has 2 nitrogen and oxygen atoms in total. The standard InChI is InChI=1S/C48H41BN2/c1-47(2,34-17-8-5-9-18-34)36-27-30-39(31-28-36)51-42-24-15-14-23-40(42)49-41-33-37(48(3,4)35-19-10-6-11-20-35)29-32-43(41)50(38-21-12-7-13-22-38)44-25-16-26-45(51)46(44)49/h5-33H,1-4H3. The molecule has 0 atom stereocenters. The van der Waals surface area contributed by atoms with Crippen molar-refractivity contribution in [1.29, 1.82) is 0 Å². The smallest absolute Gasteiger partial charge is 0.252 e. The van der Waals surface area contributed by atoms with E-state index in [4.69, 9.17) is 0 Å². The van der Waals surface area contributed by atoms with E-state index in [1.807, 2.05) is 0 Å². The van der Waals surface area contributed by atoms with Crippen LogP contribution in [0.15, 0.2) is 176 Å². The highest BCUT2D eigenvalue weighted by Crippen LogP contribution is 2.45. The summed E-state index contributed by atoms with van der Waals surface area (Å²) in [4.78, 5) is 4.96. The molecule has 0 radical (unpaired) electrons. The van der Waals surface area contributed by atoms with E-state index in [-0.39, 0.29) is 17.5 Å². The summed E-state index contributed by atoms with van der Waals surface area (Å²) in [7, 11) is 0. The number of hydrogen-bond acceptors (Lipinski definition) is 2. The summed E-state index contributed by atoms with van der Waals surface area (Å²) < 4.78 is 0. The lowest BCUT2D eigenvalue weighted by atomic mass is 9.33. The molecule has 0 fully saturated rings. The summed E-state index contributed by atoms with van der Waals surface area (Å²) in [6, 6.07) is 64.9. The number of nitrogens with zero attached hydrogens (tertiary/aromatic N) is 2. The second-order valence-electron chi connectivity index (χ2n) is 15.0. The van der Waals surface area contributed by atoms with Crippen LogP contribution >= 0.6 is 0 Å². The third-order valence-electron chi connectivity index (χ3n) is 11.5. The molecular formula is C48H41BN2. The Bertz CT molecular complexity index is 2360. The van der Waals surface area contributed by atoms with E-state index in [1.165, 1.54) is 67.1 Å². The molecule has 2 aliphatic rings. The second-order valence-corrected chi connectivity index (χ2v) is 15.0. The van der Waals surface area contributed by atoms with Crippen molar-refractivity contribution in [3.8, 4) is 0 Å². The maximum atomic E-state index is 2.50. The van der Waals surface area contributed by atoms with Gasteiger partial charge >= 0.3 is 0 Å². The summed E-state index contributed by atoms with van der Waals surface area (Å²) >= 11 is 0. The van der Waals surface area contributed by atoms with Crippen LogP contribution in [0.5, 0.6) is 0 Å². The van der Waals surface area contributed by atoms with Gasteiger partial charge in [-0.1, -0.05) is 155 Å². The highest BCUT2D eigenvalue weighted by molar-refractivity contribution is 7.00. The van der Waals surface area contributed by atoms with Crippen LogP contribution in [-0.4, -0.2) is 6.71 Å². The average Bonchev–Trinajstić information content (AvgIpc) is 3.18. The zero-order valence-electron chi connectivity index (χ0n) is 29.7. The van der Waals surface area contributed by atoms with Crippen LogP contribution in [0.25, 0.3) is 0 Å². The van der Waals surface area contributed by atoms with Crippen molar-refractivity contribution < 1.29 is 0 Å². The van der Waals surface area contributed by atoms with Gasteiger partial charge in [0.2, 0.25) is 0 Å². The van der Waals surface area contributed by atoms with Gasteiger partial charge in [-0.3, -0.25) is 0 Å². The molecule has 7 aromatic rings. The van der Waals surface area contributed by atoms with Crippen molar-refractivity contribution in [3.63, 3.8) is 0 Å². The molecule has 7 aromatic carbocycles. The van der Waals surface area contributed by atoms with Crippen molar-refractivity contribution in [1.82, 2.24) is 0 Å². The molecule has 0 bridgehead atoms. The number of benzene rings is 7. The van der Waals surface area contributed by atoms with Gasteiger partial charge in [-0.05, 0) is 87.2 Å². The average molecular weight is 657 g/mol. The maximum absolute atomic E-state index is 2.50. The molecule has 9 rings (SSSR count).